The molecule has 0 bridgehead atoms. The van der Waals surface area contributed by atoms with Crippen LogP contribution in [-0.4, -0.2) is 42.5 Å². The number of thioether (sulfide) groups is 1. The Bertz CT molecular complexity index is 437. The average molecular weight is 297 g/mol. The van der Waals surface area contributed by atoms with Crippen molar-refractivity contribution in [3.05, 3.63) is 35.6 Å². The number of hydrogen-bond acceptors (Lipinski definition) is 2. The molecule has 5 heteroatoms. The molecule has 112 valence electrons. The maximum atomic E-state index is 13.2. The molecule has 3 nitrogen and oxygen atoms in total. The zero-order chi connectivity index (χ0) is 15.0. The molecule has 0 aliphatic rings. The van der Waals surface area contributed by atoms with Crippen LogP contribution in [0.3, 0.4) is 0 Å². The lowest BCUT2D eigenvalue weighted by Crippen LogP contribution is -2.38. The lowest BCUT2D eigenvalue weighted by molar-refractivity contribution is 0.475. The molecule has 0 spiro atoms. The van der Waals surface area contributed by atoms with Crippen molar-refractivity contribution in [1.82, 2.24) is 10.2 Å². The molecule has 1 atom stereocenters. The van der Waals surface area contributed by atoms with Gasteiger partial charge >= 0.3 is 0 Å². The fourth-order valence-corrected chi connectivity index (χ4v) is 1.97. The molecule has 1 N–H and O–H groups in total. The maximum Gasteiger partial charge on any atom is 0.193 e. The van der Waals surface area contributed by atoms with Gasteiger partial charge in [-0.2, -0.15) is 11.8 Å². The van der Waals surface area contributed by atoms with Gasteiger partial charge in [-0.3, -0.25) is 4.99 Å². The Labute approximate surface area is 125 Å². The van der Waals surface area contributed by atoms with E-state index >= 15 is 0 Å². The lowest BCUT2D eigenvalue weighted by atomic mass is 10.2. The van der Waals surface area contributed by atoms with Crippen molar-refractivity contribution in [2.24, 2.45) is 4.99 Å². The van der Waals surface area contributed by atoms with Crippen LogP contribution in [0.5, 0.6) is 0 Å². The van der Waals surface area contributed by atoms with Gasteiger partial charge in [-0.05, 0) is 30.9 Å². The zero-order valence-electron chi connectivity index (χ0n) is 12.7. The van der Waals surface area contributed by atoms with E-state index in [9.17, 15) is 4.39 Å². The number of guanidine groups is 1. The van der Waals surface area contributed by atoms with Crippen LogP contribution in [0, 0.1) is 5.82 Å². The Morgan fingerprint density at radius 2 is 2.25 bits per heavy atom. The minimum atomic E-state index is -0.200. The minimum absolute atomic E-state index is 0.200. The van der Waals surface area contributed by atoms with E-state index in [1.54, 1.807) is 23.9 Å². The van der Waals surface area contributed by atoms with Gasteiger partial charge in [-0.25, -0.2) is 4.39 Å². The Kier molecular flexibility index (Phi) is 7.44. The molecule has 0 aromatic heterocycles. The fraction of sp³-hybridized carbons (Fsp3) is 0.533. The van der Waals surface area contributed by atoms with Crippen LogP contribution < -0.4 is 5.32 Å². The van der Waals surface area contributed by atoms with Crippen molar-refractivity contribution in [2.75, 3.05) is 26.4 Å². The fourth-order valence-electron chi connectivity index (χ4n) is 1.74. The summed E-state index contributed by atoms with van der Waals surface area (Å²) in [5, 5.41) is 3.76. The number of halogens is 1. The van der Waals surface area contributed by atoms with E-state index in [1.807, 2.05) is 24.9 Å². The van der Waals surface area contributed by atoms with Gasteiger partial charge in [0.15, 0.2) is 5.96 Å². The van der Waals surface area contributed by atoms with E-state index in [2.05, 4.69) is 23.5 Å². The second kappa shape index (κ2) is 8.84. The highest BCUT2D eigenvalue weighted by atomic mass is 32.2. The van der Waals surface area contributed by atoms with Crippen LogP contribution in [0.15, 0.2) is 29.3 Å². The third-order valence-corrected chi connectivity index (χ3v) is 3.86. The topological polar surface area (TPSA) is 27.6 Å². The third-order valence-electron chi connectivity index (χ3n) is 2.91. The summed E-state index contributed by atoms with van der Waals surface area (Å²) >= 11 is 1.80. The van der Waals surface area contributed by atoms with Gasteiger partial charge in [0, 0.05) is 25.4 Å². The predicted octanol–water partition coefficient (Wildman–Crippen LogP) is 2.97. The number of rotatable bonds is 6. The second-order valence-corrected chi connectivity index (χ2v) is 6.00. The number of nitrogens with zero attached hydrogens (tertiary/aromatic N) is 2. The first-order chi connectivity index (χ1) is 9.56. The van der Waals surface area contributed by atoms with Gasteiger partial charge in [0.1, 0.15) is 5.82 Å². The molecule has 1 aromatic carbocycles. The number of aliphatic imine (C=N–C) groups is 1. The number of nitrogens with one attached hydrogen (secondary N) is 1. The van der Waals surface area contributed by atoms with E-state index < -0.39 is 0 Å². The molecule has 0 aliphatic heterocycles. The molecular weight excluding hydrogens is 273 g/mol. The molecule has 1 aromatic rings. The quantitative estimate of drug-likeness (QED) is 0.646. The van der Waals surface area contributed by atoms with Crippen LogP contribution in [0.25, 0.3) is 0 Å². The van der Waals surface area contributed by atoms with E-state index in [1.165, 1.54) is 6.07 Å². The molecule has 1 unspecified atom stereocenters. The van der Waals surface area contributed by atoms with Crippen LogP contribution >= 0.6 is 11.8 Å². The van der Waals surface area contributed by atoms with E-state index in [4.69, 9.17) is 0 Å². The smallest absolute Gasteiger partial charge is 0.193 e. The Morgan fingerprint density at radius 1 is 1.50 bits per heavy atom. The van der Waals surface area contributed by atoms with Gasteiger partial charge in [0.2, 0.25) is 0 Å². The van der Waals surface area contributed by atoms with Gasteiger partial charge in [0.25, 0.3) is 0 Å². The first kappa shape index (κ1) is 16.8. The van der Waals surface area contributed by atoms with Crippen LogP contribution in [0.2, 0.25) is 0 Å². The first-order valence-electron chi connectivity index (χ1n) is 6.83. The van der Waals surface area contributed by atoms with Crippen LogP contribution in [0.4, 0.5) is 4.39 Å². The van der Waals surface area contributed by atoms with Gasteiger partial charge in [-0.1, -0.05) is 19.1 Å². The molecule has 0 saturated heterocycles. The summed E-state index contributed by atoms with van der Waals surface area (Å²) in [7, 11) is 1.97. The van der Waals surface area contributed by atoms with E-state index in [-0.39, 0.29) is 5.82 Å². The molecule has 0 radical (unpaired) electrons. The molecule has 0 heterocycles. The molecule has 0 fully saturated rings. The monoisotopic (exact) mass is 297 g/mol. The standard InChI is InChI=1S/C15H24FN3S/c1-5-17-15(18-10-12(2)20-4)19(3)11-13-7-6-8-14(16)9-13/h6-9,12H,5,10-11H2,1-4H3,(H,17,18). The van der Waals surface area contributed by atoms with Crippen LogP contribution in [0.1, 0.15) is 19.4 Å². The van der Waals surface area contributed by atoms with Crippen molar-refractivity contribution in [3.63, 3.8) is 0 Å². The summed E-state index contributed by atoms with van der Waals surface area (Å²) in [6.07, 6.45) is 2.09. The van der Waals surface area contributed by atoms with Gasteiger partial charge in [-0.15, -0.1) is 0 Å². The van der Waals surface area contributed by atoms with Crippen molar-refractivity contribution < 1.29 is 4.39 Å². The Balaban J connectivity index is 2.70. The molecular formula is C15H24FN3S. The van der Waals surface area contributed by atoms with Crippen molar-refractivity contribution in [2.45, 2.75) is 25.6 Å². The van der Waals surface area contributed by atoms with Crippen molar-refractivity contribution >= 4 is 17.7 Å². The summed E-state index contributed by atoms with van der Waals surface area (Å²) in [6, 6.07) is 6.68. The van der Waals surface area contributed by atoms with E-state index in [0.717, 1.165) is 24.6 Å². The molecule has 0 amide bonds. The Hall–Kier alpha value is -1.23. The predicted molar refractivity (Wildman–Crippen MR) is 86.8 cm³/mol. The summed E-state index contributed by atoms with van der Waals surface area (Å²) in [5.41, 5.74) is 0.941. The summed E-state index contributed by atoms with van der Waals surface area (Å²) in [5.74, 6) is 0.659. The van der Waals surface area contributed by atoms with Crippen molar-refractivity contribution in [3.8, 4) is 0 Å². The highest BCUT2D eigenvalue weighted by Gasteiger charge is 2.08. The molecule has 0 aliphatic carbocycles. The minimum Gasteiger partial charge on any atom is -0.357 e. The number of hydrogen-bond donors (Lipinski definition) is 1. The third kappa shape index (κ3) is 5.82. The molecule has 1 rings (SSSR count). The van der Waals surface area contributed by atoms with Gasteiger partial charge < -0.3 is 10.2 Å². The summed E-state index contributed by atoms with van der Waals surface area (Å²) in [4.78, 5) is 6.64. The second-order valence-electron chi connectivity index (χ2n) is 4.73. The molecule has 20 heavy (non-hydrogen) atoms. The number of benzene rings is 1. The summed E-state index contributed by atoms with van der Waals surface area (Å²) < 4.78 is 13.2. The average Bonchev–Trinajstić information content (AvgIpc) is 2.42. The maximum absolute atomic E-state index is 13.2. The van der Waals surface area contributed by atoms with Crippen LogP contribution in [-0.2, 0) is 6.54 Å². The lowest BCUT2D eigenvalue weighted by Gasteiger charge is -2.22. The first-order valence-corrected chi connectivity index (χ1v) is 8.12. The molecule has 0 saturated carbocycles. The highest BCUT2D eigenvalue weighted by Crippen LogP contribution is 2.08. The zero-order valence-corrected chi connectivity index (χ0v) is 13.5. The normalized spacial score (nSPS) is 13.2. The van der Waals surface area contributed by atoms with Crippen molar-refractivity contribution in [1.29, 1.82) is 0 Å². The summed E-state index contributed by atoms with van der Waals surface area (Å²) in [6.45, 7) is 6.43. The Morgan fingerprint density at radius 3 is 2.85 bits per heavy atom. The highest BCUT2D eigenvalue weighted by molar-refractivity contribution is 7.99. The SMILES string of the molecule is CCNC(=NCC(C)SC)N(C)Cc1cccc(F)c1. The van der Waals surface area contributed by atoms with E-state index in [0.29, 0.717) is 11.8 Å². The van der Waals surface area contributed by atoms with Gasteiger partial charge in [0.05, 0.1) is 6.54 Å². The largest absolute Gasteiger partial charge is 0.357 e.